The Labute approximate surface area is 125 Å². The van der Waals surface area contributed by atoms with E-state index in [4.69, 9.17) is 0 Å². The molecule has 0 atom stereocenters. The molecular formula is C15H26N4O2. The third kappa shape index (κ3) is 4.46. The molecule has 0 aromatic carbocycles. The average molecular weight is 294 g/mol. The molecule has 2 rings (SSSR count). The predicted molar refractivity (Wildman–Crippen MR) is 82.3 cm³/mol. The average Bonchev–Trinajstić information content (AvgIpc) is 2.78. The zero-order valence-corrected chi connectivity index (χ0v) is 13.0. The predicted octanol–water partition coefficient (Wildman–Crippen LogP) is 2.19. The highest BCUT2D eigenvalue weighted by atomic mass is 16.3. The number of hydrogen-bond acceptors (Lipinski definition) is 3. The van der Waals surface area contributed by atoms with Crippen molar-refractivity contribution in [2.24, 2.45) is 7.05 Å². The van der Waals surface area contributed by atoms with Gasteiger partial charge in [0.15, 0.2) is 0 Å². The minimum atomic E-state index is -0.741. The van der Waals surface area contributed by atoms with Crippen molar-refractivity contribution >= 4 is 11.8 Å². The summed E-state index contributed by atoms with van der Waals surface area (Å²) in [6.45, 7) is 2.40. The molecule has 1 heterocycles. The van der Waals surface area contributed by atoms with Crippen molar-refractivity contribution < 1.29 is 9.90 Å². The van der Waals surface area contributed by atoms with Gasteiger partial charge in [-0.2, -0.15) is 5.10 Å². The Hall–Kier alpha value is -1.56. The Morgan fingerprint density at radius 2 is 2.14 bits per heavy atom. The van der Waals surface area contributed by atoms with Gasteiger partial charge < -0.3 is 10.4 Å². The van der Waals surface area contributed by atoms with Crippen LogP contribution in [0.2, 0.25) is 0 Å². The maximum Gasteiger partial charge on any atom is 0.320 e. The summed E-state index contributed by atoms with van der Waals surface area (Å²) in [4.78, 5) is 11.9. The molecule has 0 radical (unpaired) electrons. The van der Waals surface area contributed by atoms with Crippen LogP contribution in [-0.4, -0.2) is 33.1 Å². The van der Waals surface area contributed by atoms with Gasteiger partial charge in [-0.05, 0) is 19.3 Å². The van der Waals surface area contributed by atoms with Crippen LogP contribution in [0.3, 0.4) is 0 Å². The maximum atomic E-state index is 11.9. The molecule has 118 valence electrons. The highest BCUT2D eigenvalue weighted by Crippen LogP contribution is 2.27. The lowest BCUT2D eigenvalue weighted by Crippen LogP contribution is -2.45. The van der Waals surface area contributed by atoms with Crippen LogP contribution < -0.4 is 10.6 Å². The van der Waals surface area contributed by atoms with Crippen LogP contribution in [0.25, 0.3) is 0 Å². The van der Waals surface area contributed by atoms with Gasteiger partial charge in [0.2, 0.25) is 0 Å². The van der Waals surface area contributed by atoms with Crippen molar-refractivity contribution in [3.8, 4) is 0 Å². The first-order valence-electron chi connectivity index (χ1n) is 7.82. The highest BCUT2D eigenvalue weighted by Gasteiger charge is 2.29. The first-order valence-corrected chi connectivity index (χ1v) is 7.82. The van der Waals surface area contributed by atoms with Crippen LogP contribution in [0, 0.1) is 0 Å². The normalized spacial score (nSPS) is 17.5. The van der Waals surface area contributed by atoms with E-state index >= 15 is 0 Å². The zero-order valence-electron chi connectivity index (χ0n) is 13.0. The number of anilines is 1. The second kappa shape index (κ2) is 6.93. The standard InChI is InChI=1S/C15H26N4O2/c1-3-7-12-10-13(19(2)18-12)17-14(20)16-11-15(21)8-5-4-6-9-15/h10,21H,3-9,11H2,1-2H3,(H2,16,17,20). The van der Waals surface area contributed by atoms with Gasteiger partial charge >= 0.3 is 6.03 Å². The van der Waals surface area contributed by atoms with Crippen LogP contribution >= 0.6 is 0 Å². The summed E-state index contributed by atoms with van der Waals surface area (Å²) in [6.07, 6.45) is 6.68. The second-order valence-corrected chi connectivity index (χ2v) is 5.99. The summed E-state index contributed by atoms with van der Waals surface area (Å²) in [5, 5.41) is 20.3. The molecule has 1 aromatic rings. The Balaban J connectivity index is 1.84. The smallest absolute Gasteiger partial charge is 0.320 e. The molecule has 6 nitrogen and oxygen atoms in total. The number of aliphatic hydroxyl groups is 1. The fourth-order valence-corrected chi connectivity index (χ4v) is 2.81. The van der Waals surface area contributed by atoms with Crippen LogP contribution in [0.4, 0.5) is 10.6 Å². The molecule has 1 aliphatic carbocycles. The molecule has 21 heavy (non-hydrogen) atoms. The Morgan fingerprint density at radius 1 is 1.43 bits per heavy atom. The number of rotatable bonds is 5. The number of aromatic nitrogens is 2. The van der Waals surface area contributed by atoms with Crippen molar-refractivity contribution in [3.05, 3.63) is 11.8 Å². The van der Waals surface area contributed by atoms with E-state index in [-0.39, 0.29) is 6.03 Å². The molecule has 0 spiro atoms. The van der Waals surface area contributed by atoms with Crippen LogP contribution in [0.1, 0.15) is 51.1 Å². The molecule has 1 fully saturated rings. The largest absolute Gasteiger partial charge is 0.388 e. The number of nitrogens with one attached hydrogen (secondary N) is 2. The van der Waals surface area contributed by atoms with E-state index in [0.717, 1.165) is 44.2 Å². The quantitative estimate of drug-likeness (QED) is 0.779. The molecule has 0 aliphatic heterocycles. The van der Waals surface area contributed by atoms with E-state index in [1.165, 1.54) is 6.42 Å². The molecule has 2 amide bonds. The lowest BCUT2D eigenvalue weighted by atomic mass is 9.85. The van der Waals surface area contributed by atoms with E-state index in [0.29, 0.717) is 12.4 Å². The van der Waals surface area contributed by atoms with Crippen molar-refractivity contribution in [3.63, 3.8) is 0 Å². The highest BCUT2D eigenvalue weighted by molar-refractivity contribution is 5.88. The van der Waals surface area contributed by atoms with Gasteiger partial charge in [-0.15, -0.1) is 0 Å². The fraction of sp³-hybridized carbons (Fsp3) is 0.733. The van der Waals surface area contributed by atoms with Gasteiger partial charge in [-0.25, -0.2) is 4.79 Å². The number of carbonyl (C=O) groups is 1. The zero-order chi connectivity index (χ0) is 15.3. The summed E-state index contributed by atoms with van der Waals surface area (Å²) >= 11 is 0. The molecule has 1 saturated carbocycles. The molecule has 6 heteroatoms. The molecule has 1 aromatic heterocycles. The number of aryl methyl sites for hydroxylation is 2. The number of nitrogens with zero attached hydrogens (tertiary/aromatic N) is 2. The summed E-state index contributed by atoms with van der Waals surface area (Å²) in [5.41, 5.74) is 0.233. The van der Waals surface area contributed by atoms with Crippen LogP contribution in [0.5, 0.6) is 0 Å². The van der Waals surface area contributed by atoms with E-state index in [1.807, 2.05) is 13.1 Å². The minimum absolute atomic E-state index is 0.292. The van der Waals surface area contributed by atoms with Gasteiger partial charge in [0, 0.05) is 19.7 Å². The molecular weight excluding hydrogens is 268 g/mol. The van der Waals surface area contributed by atoms with Gasteiger partial charge in [-0.1, -0.05) is 32.6 Å². The van der Waals surface area contributed by atoms with Gasteiger partial charge in [-0.3, -0.25) is 10.00 Å². The fourth-order valence-electron chi connectivity index (χ4n) is 2.81. The van der Waals surface area contributed by atoms with Gasteiger partial charge in [0.05, 0.1) is 11.3 Å². The van der Waals surface area contributed by atoms with Crippen LogP contribution in [0.15, 0.2) is 6.07 Å². The Morgan fingerprint density at radius 3 is 2.81 bits per heavy atom. The minimum Gasteiger partial charge on any atom is -0.388 e. The summed E-state index contributed by atoms with van der Waals surface area (Å²) in [7, 11) is 1.81. The van der Waals surface area contributed by atoms with Crippen molar-refractivity contribution in [2.45, 2.75) is 57.5 Å². The number of urea groups is 1. The maximum absolute atomic E-state index is 11.9. The molecule has 0 bridgehead atoms. The third-order valence-corrected chi connectivity index (χ3v) is 4.04. The van der Waals surface area contributed by atoms with Gasteiger partial charge in [0.1, 0.15) is 5.82 Å². The van der Waals surface area contributed by atoms with Crippen LogP contribution in [-0.2, 0) is 13.5 Å². The molecule has 0 unspecified atom stereocenters. The second-order valence-electron chi connectivity index (χ2n) is 5.99. The summed E-state index contributed by atoms with van der Waals surface area (Å²) < 4.78 is 1.67. The topological polar surface area (TPSA) is 79.2 Å². The van der Waals surface area contributed by atoms with Crippen molar-refractivity contribution in [1.29, 1.82) is 0 Å². The first kappa shape index (κ1) is 15.8. The number of carbonyl (C=O) groups excluding carboxylic acids is 1. The van der Waals surface area contributed by atoms with E-state index in [1.54, 1.807) is 4.68 Å². The van der Waals surface area contributed by atoms with E-state index in [2.05, 4.69) is 22.7 Å². The Kier molecular flexibility index (Phi) is 5.22. The summed E-state index contributed by atoms with van der Waals surface area (Å²) in [6, 6.07) is 1.60. The SMILES string of the molecule is CCCc1cc(NC(=O)NCC2(O)CCCCC2)n(C)n1. The third-order valence-electron chi connectivity index (χ3n) is 4.04. The number of amides is 2. The first-order chi connectivity index (χ1) is 10.0. The number of hydrogen-bond donors (Lipinski definition) is 3. The molecule has 0 saturated heterocycles. The van der Waals surface area contributed by atoms with Gasteiger partial charge in [0.25, 0.3) is 0 Å². The van der Waals surface area contributed by atoms with Crippen molar-refractivity contribution in [1.82, 2.24) is 15.1 Å². The molecule has 1 aliphatic rings. The lowest BCUT2D eigenvalue weighted by Gasteiger charge is -2.32. The Bertz CT molecular complexity index is 478. The lowest BCUT2D eigenvalue weighted by molar-refractivity contribution is 0.00755. The molecule has 3 N–H and O–H groups in total. The monoisotopic (exact) mass is 294 g/mol. The van der Waals surface area contributed by atoms with Crippen molar-refractivity contribution in [2.75, 3.05) is 11.9 Å². The van der Waals surface area contributed by atoms with E-state index < -0.39 is 5.60 Å². The van der Waals surface area contributed by atoms with E-state index in [9.17, 15) is 9.90 Å². The summed E-state index contributed by atoms with van der Waals surface area (Å²) in [5.74, 6) is 0.673.